The third kappa shape index (κ3) is 21.3. The van der Waals surface area contributed by atoms with Crippen LogP contribution in [0.15, 0.2) is 0 Å². The summed E-state index contributed by atoms with van der Waals surface area (Å²) < 4.78 is 6.12. The molecule has 6 unspecified atom stereocenters. The largest absolute Gasteiger partial charge is 0.465 e. The van der Waals surface area contributed by atoms with Crippen LogP contribution in [-0.4, -0.2) is 12.6 Å². The van der Waals surface area contributed by atoms with Gasteiger partial charge in [0.15, 0.2) is 0 Å². The van der Waals surface area contributed by atoms with E-state index in [4.69, 9.17) is 4.74 Å². The van der Waals surface area contributed by atoms with E-state index in [2.05, 4.69) is 55.4 Å². The second-order valence-corrected chi connectivity index (χ2v) is 13.4. The summed E-state index contributed by atoms with van der Waals surface area (Å²) in [5, 5.41) is 0. The second-order valence-electron chi connectivity index (χ2n) is 13.4. The molecule has 2 nitrogen and oxygen atoms in total. The number of esters is 1. The van der Waals surface area contributed by atoms with Crippen LogP contribution in [0.4, 0.5) is 0 Å². The molecule has 0 amide bonds. The predicted molar refractivity (Wildman–Crippen MR) is 170 cm³/mol. The van der Waals surface area contributed by atoms with Gasteiger partial charge in [-0.25, -0.2) is 0 Å². The van der Waals surface area contributed by atoms with Gasteiger partial charge in [-0.3, -0.25) is 4.79 Å². The topological polar surface area (TPSA) is 26.3 Å². The van der Waals surface area contributed by atoms with Crippen molar-refractivity contribution in [3.8, 4) is 0 Å². The molecule has 0 aliphatic rings. The predicted octanol–water partition coefficient (Wildman–Crippen LogP) is 12.2. The fourth-order valence-electron chi connectivity index (χ4n) is 5.46. The number of hydrogen-bond acceptors (Lipinski definition) is 2. The summed E-state index contributed by atoms with van der Waals surface area (Å²) in [6, 6.07) is 0. The quantitative estimate of drug-likeness (QED) is 0.0770. The van der Waals surface area contributed by atoms with Crippen molar-refractivity contribution in [3.63, 3.8) is 0 Å². The molecule has 0 aliphatic carbocycles. The molecule has 38 heavy (non-hydrogen) atoms. The summed E-state index contributed by atoms with van der Waals surface area (Å²) in [6.07, 6.45) is 24.9. The first kappa shape index (κ1) is 37.5. The Bertz CT molecular complexity index is 515. The Balaban J connectivity index is 4.80. The normalized spacial score (nSPS) is 16.5. The van der Waals surface area contributed by atoms with Gasteiger partial charge in [-0.15, -0.1) is 0 Å². The average molecular weight is 537 g/mol. The lowest BCUT2D eigenvalue weighted by Crippen LogP contribution is -2.22. The molecule has 0 saturated carbocycles. The maximum atomic E-state index is 13.3. The highest BCUT2D eigenvalue weighted by Gasteiger charge is 2.22. The number of hydrogen-bond donors (Lipinski definition) is 0. The van der Waals surface area contributed by atoms with Crippen molar-refractivity contribution in [2.24, 2.45) is 35.5 Å². The lowest BCUT2D eigenvalue weighted by molar-refractivity contribution is -0.150. The molecule has 0 heterocycles. The van der Waals surface area contributed by atoms with E-state index in [1.165, 1.54) is 109 Å². The molecule has 0 rings (SSSR count). The number of ether oxygens (including phenoxy) is 1. The summed E-state index contributed by atoms with van der Waals surface area (Å²) in [6.45, 7) is 19.3. The minimum Gasteiger partial charge on any atom is -0.465 e. The van der Waals surface area contributed by atoms with Gasteiger partial charge in [0.05, 0.1) is 12.5 Å². The Labute approximate surface area is 241 Å². The van der Waals surface area contributed by atoms with Gasteiger partial charge in [0.1, 0.15) is 0 Å². The van der Waals surface area contributed by atoms with Gasteiger partial charge in [0.2, 0.25) is 0 Å². The first-order valence-corrected chi connectivity index (χ1v) is 17.4. The maximum Gasteiger partial charge on any atom is 0.308 e. The zero-order chi connectivity index (χ0) is 28.6. The number of rotatable bonds is 27. The van der Waals surface area contributed by atoms with Crippen LogP contribution in [0.25, 0.3) is 0 Å². The molecule has 0 aromatic carbocycles. The Morgan fingerprint density at radius 1 is 0.474 bits per heavy atom. The van der Waals surface area contributed by atoms with Gasteiger partial charge in [0, 0.05) is 0 Å². The van der Waals surface area contributed by atoms with Crippen LogP contribution in [0, 0.1) is 35.5 Å². The average Bonchev–Trinajstić information content (AvgIpc) is 2.93. The first-order chi connectivity index (χ1) is 18.3. The van der Waals surface area contributed by atoms with E-state index in [9.17, 15) is 4.79 Å². The molecule has 0 bridgehead atoms. The summed E-state index contributed by atoms with van der Waals surface area (Å²) in [5.41, 5.74) is 0. The van der Waals surface area contributed by atoms with E-state index < -0.39 is 0 Å². The van der Waals surface area contributed by atoms with E-state index >= 15 is 0 Å². The van der Waals surface area contributed by atoms with Crippen LogP contribution in [0.5, 0.6) is 0 Å². The van der Waals surface area contributed by atoms with Gasteiger partial charge < -0.3 is 4.74 Å². The number of carbonyl (C=O) groups is 1. The van der Waals surface area contributed by atoms with Crippen molar-refractivity contribution >= 4 is 5.97 Å². The van der Waals surface area contributed by atoms with Crippen LogP contribution in [0.2, 0.25) is 0 Å². The Kier molecular flexibility index (Phi) is 25.1. The molecular formula is C36H72O2. The van der Waals surface area contributed by atoms with Crippen LogP contribution in [0.1, 0.15) is 184 Å². The molecule has 0 aromatic rings. The zero-order valence-electron chi connectivity index (χ0n) is 27.6. The van der Waals surface area contributed by atoms with Crippen molar-refractivity contribution in [2.45, 2.75) is 184 Å². The zero-order valence-corrected chi connectivity index (χ0v) is 27.6. The molecule has 0 N–H and O–H groups in total. The molecule has 2 heteroatoms. The monoisotopic (exact) mass is 537 g/mol. The van der Waals surface area contributed by atoms with E-state index in [0.717, 1.165) is 42.9 Å². The van der Waals surface area contributed by atoms with E-state index in [1.54, 1.807) is 0 Å². The third-order valence-corrected chi connectivity index (χ3v) is 9.70. The maximum absolute atomic E-state index is 13.3. The fraction of sp³-hybridized carbons (Fsp3) is 0.972. The van der Waals surface area contributed by atoms with Crippen molar-refractivity contribution in [2.75, 3.05) is 6.61 Å². The van der Waals surface area contributed by atoms with Gasteiger partial charge in [0.25, 0.3) is 0 Å². The van der Waals surface area contributed by atoms with E-state index in [1.807, 2.05) is 0 Å². The second kappa shape index (κ2) is 25.4. The summed E-state index contributed by atoms with van der Waals surface area (Å²) >= 11 is 0. The molecular weight excluding hydrogens is 464 g/mol. The third-order valence-electron chi connectivity index (χ3n) is 9.70. The fourth-order valence-corrected chi connectivity index (χ4v) is 5.46. The first-order valence-electron chi connectivity index (χ1n) is 17.4. The lowest BCUT2D eigenvalue weighted by atomic mass is 9.91. The molecule has 0 radical (unpaired) electrons. The molecule has 0 aromatic heterocycles. The minimum atomic E-state index is 0.110. The van der Waals surface area contributed by atoms with Crippen LogP contribution in [-0.2, 0) is 9.53 Å². The Morgan fingerprint density at radius 2 is 0.816 bits per heavy atom. The minimum absolute atomic E-state index is 0.110. The van der Waals surface area contributed by atoms with E-state index in [-0.39, 0.29) is 11.9 Å². The smallest absolute Gasteiger partial charge is 0.308 e. The van der Waals surface area contributed by atoms with Crippen molar-refractivity contribution < 1.29 is 9.53 Å². The molecule has 0 fully saturated rings. The SMILES string of the molecule is CCC(C)CCCCCC(CCCC(C)CC)COC(=O)C(CCCCCC(C)CC)CCCC(C)CC. The lowest BCUT2D eigenvalue weighted by Gasteiger charge is -2.21. The van der Waals surface area contributed by atoms with Crippen molar-refractivity contribution in [1.29, 1.82) is 0 Å². The number of carbonyl (C=O) groups excluding carboxylic acids is 1. The molecule has 0 aliphatic heterocycles. The highest BCUT2D eigenvalue weighted by molar-refractivity contribution is 5.72. The molecule has 6 atom stereocenters. The molecule has 0 saturated heterocycles. The summed E-state index contributed by atoms with van der Waals surface area (Å²) in [4.78, 5) is 13.3. The van der Waals surface area contributed by atoms with Gasteiger partial charge >= 0.3 is 5.97 Å². The van der Waals surface area contributed by atoms with Gasteiger partial charge in [-0.1, -0.05) is 158 Å². The van der Waals surface area contributed by atoms with E-state index in [0.29, 0.717) is 12.5 Å². The highest BCUT2D eigenvalue weighted by Crippen LogP contribution is 2.25. The van der Waals surface area contributed by atoms with Crippen LogP contribution < -0.4 is 0 Å². The molecule has 228 valence electrons. The Morgan fingerprint density at radius 3 is 1.29 bits per heavy atom. The van der Waals surface area contributed by atoms with Crippen LogP contribution in [0.3, 0.4) is 0 Å². The van der Waals surface area contributed by atoms with Crippen LogP contribution >= 0.6 is 0 Å². The van der Waals surface area contributed by atoms with Gasteiger partial charge in [-0.05, 0) is 55.3 Å². The van der Waals surface area contributed by atoms with Gasteiger partial charge in [-0.2, -0.15) is 0 Å². The standard InChI is InChI=1S/C36H72O2/c1-9-30(5)21-15-13-17-25-34(26-19-23-32(7)11-3)29-38-36(37)35(28-20-24-33(8)12-4)27-18-14-16-22-31(6)10-2/h30-35H,9-29H2,1-8H3. The number of unbranched alkanes of at least 4 members (excludes halogenated alkanes) is 4. The Hall–Kier alpha value is -0.530. The summed E-state index contributed by atoms with van der Waals surface area (Å²) in [5.74, 6) is 4.02. The summed E-state index contributed by atoms with van der Waals surface area (Å²) in [7, 11) is 0. The van der Waals surface area contributed by atoms with Crippen molar-refractivity contribution in [3.05, 3.63) is 0 Å². The molecule has 0 spiro atoms. The van der Waals surface area contributed by atoms with Crippen molar-refractivity contribution in [1.82, 2.24) is 0 Å². The highest BCUT2D eigenvalue weighted by atomic mass is 16.5.